The van der Waals surface area contributed by atoms with Gasteiger partial charge >= 0.3 is 0 Å². The molecular formula is C11H16N4O. The van der Waals surface area contributed by atoms with Gasteiger partial charge in [-0.3, -0.25) is 4.79 Å². The summed E-state index contributed by atoms with van der Waals surface area (Å²) in [6.45, 7) is 6.05. The van der Waals surface area contributed by atoms with Gasteiger partial charge in [-0.05, 0) is 44.0 Å². The van der Waals surface area contributed by atoms with Crippen molar-refractivity contribution in [2.24, 2.45) is 0 Å². The molecule has 0 bridgehead atoms. The fraction of sp³-hybridized carbons (Fsp3) is 0.455. The fourth-order valence-electron chi connectivity index (χ4n) is 1.20. The van der Waals surface area contributed by atoms with Crippen LogP contribution in [-0.2, 0) is 0 Å². The van der Waals surface area contributed by atoms with Gasteiger partial charge in [-0.2, -0.15) is 4.68 Å². The molecule has 0 radical (unpaired) electrons. The monoisotopic (exact) mass is 220 g/mol. The van der Waals surface area contributed by atoms with Crippen molar-refractivity contribution in [3.05, 3.63) is 29.6 Å². The Morgan fingerprint density at radius 3 is 2.69 bits per heavy atom. The van der Waals surface area contributed by atoms with Crippen LogP contribution in [0.5, 0.6) is 0 Å². The van der Waals surface area contributed by atoms with Crippen molar-refractivity contribution >= 4 is 5.91 Å². The number of hydrogen-bond acceptors (Lipinski definition) is 4. The molecule has 0 aliphatic rings. The van der Waals surface area contributed by atoms with Crippen LogP contribution in [0, 0.1) is 0 Å². The summed E-state index contributed by atoms with van der Waals surface area (Å²) in [5.41, 5.74) is 2.32. The maximum Gasteiger partial charge on any atom is 0.273 e. The van der Waals surface area contributed by atoms with E-state index in [2.05, 4.69) is 35.4 Å². The largest absolute Gasteiger partial charge is 0.273 e. The lowest BCUT2D eigenvalue weighted by Gasteiger charge is -1.98. The van der Waals surface area contributed by atoms with Crippen LogP contribution in [0.3, 0.4) is 0 Å². The second-order valence-electron chi connectivity index (χ2n) is 3.90. The molecule has 0 atom stereocenters. The van der Waals surface area contributed by atoms with Crippen LogP contribution in [0.25, 0.3) is 0 Å². The molecule has 0 fully saturated rings. The molecule has 1 heterocycles. The third-order valence-electron chi connectivity index (χ3n) is 2.04. The van der Waals surface area contributed by atoms with Crippen molar-refractivity contribution < 1.29 is 4.79 Å². The molecule has 5 nitrogen and oxygen atoms in total. The van der Waals surface area contributed by atoms with E-state index < -0.39 is 0 Å². The number of allylic oxidation sites excluding steroid dienone is 4. The first-order chi connectivity index (χ1) is 7.59. The van der Waals surface area contributed by atoms with E-state index >= 15 is 0 Å². The Morgan fingerprint density at radius 1 is 1.38 bits per heavy atom. The van der Waals surface area contributed by atoms with Crippen LogP contribution in [-0.4, -0.2) is 26.1 Å². The van der Waals surface area contributed by atoms with Gasteiger partial charge in [0.15, 0.2) is 0 Å². The number of carbonyl (C=O) groups excluding carboxylic acids is 1. The first-order valence-corrected chi connectivity index (χ1v) is 5.17. The predicted octanol–water partition coefficient (Wildman–Crippen LogP) is 2.01. The molecule has 0 unspecified atom stereocenters. The molecule has 86 valence electrons. The zero-order valence-corrected chi connectivity index (χ0v) is 9.84. The number of nitrogens with zero attached hydrogens (tertiary/aromatic N) is 4. The fourth-order valence-corrected chi connectivity index (χ4v) is 1.20. The summed E-state index contributed by atoms with van der Waals surface area (Å²) in [7, 11) is 0. The van der Waals surface area contributed by atoms with Gasteiger partial charge < -0.3 is 0 Å². The average Bonchev–Trinajstić information content (AvgIpc) is 2.69. The molecule has 0 aliphatic carbocycles. The third kappa shape index (κ3) is 4.16. The second kappa shape index (κ2) is 5.95. The van der Waals surface area contributed by atoms with E-state index in [1.807, 2.05) is 6.92 Å². The van der Waals surface area contributed by atoms with E-state index in [4.69, 9.17) is 0 Å². The maximum absolute atomic E-state index is 11.5. The summed E-state index contributed by atoms with van der Waals surface area (Å²) in [6.07, 6.45) is 6.84. The first-order valence-electron chi connectivity index (χ1n) is 5.17. The van der Waals surface area contributed by atoms with Crippen LogP contribution in [0.1, 0.15) is 38.4 Å². The van der Waals surface area contributed by atoms with Gasteiger partial charge in [0.2, 0.25) is 0 Å². The molecule has 1 rings (SSSR count). The standard InChI is InChI=1S/C11H16N4O/c1-9(2)5-4-6-10(3)7-11(16)15-8-12-13-14-15/h5,7-8H,4,6H2,1-3H3/b10-7+. The van der Waals surface area contributed by atoms with Crippen LogP contribution in [0.4, 0.5) is 0 Å². The normalized spacial score (nSPS) is 11.3. The van der Waals surface area contributed by atoms with Gasteiger partial charge in [0.05, 0.1) is 0 Å². The Morgan fingerprint density at radius 2 is 2.12 bits per heavy atom. The van der Waals surface area contributed by atoms with Gasteiger partial charge in [-0.25, -0.2) is 0 Å². The number of rotatable bonds is 4. The van der Waals surface area contributed by atoms with Crippen molar-refractivity contribution in [1.82, 2.24) is 20.2 Å². The molecule has 1 aromatic rings. The van der Waals surface area contributed by atoms with Gasteiger partial charge in [-0.1, -0.05) is 17.2 Å². The number of carbonyl (C=O) groups is 1. The Bertz CT molecular complexity index is 400. The molecule has 0 amide bonds. The van der Waals surface area contributed by atoms with Gasteiger partial charge in [0.1, 0.15) is 6.33 Å². The smallest absolute Gasteiger partial charge is 0.267 e. The van der Waals surface area contributed by atoms with Gasteiger partial charge in [-0.15, -0.1) is 5.10 Å². The third-order valence-corrected chi connectivity index (χ3v) is 2.04. The lowest BCUT2D eigenvalue weighted by Crippen LogP contribution is -2.08. The van der Waals surface area contributed by atoms with Gasteiger partial charge in [0.25, 0.3) is 5.91 Å². The van der Waals surface area contributed by atoms with Crippen molar-refractivity contribution in [2.75, 3.05) is 0 Å². The summed E-state index contributed by atoms with van der Waals surface area (Å²) in [4.78, 5) is 11.5. The van der Waals surface area contributed by atoms with Crippen LogP contribution < -0.4 is 0 Å². The molecular weight excluding hydrogens is 204 g/mol. The lowest BCUT2D eigenvalue weighted by atomic mass is 10.1. The summed E-state index contributed by atoms with van der Waals surface area (Å²) in [6, 6.07) is 0. The highest BCUT2D eigenvalue weighted by molar-refractivity contribution is 5.89. The number of aromatic nitrogens is 4. The van der Waals surface area contributed by atoms with Crippen molar-refractivity contribution in [2.45, 2.75) is 33.6 Å². The Kier molecular flexibility index (Phi) is 4.57. The van der Waals surface area contributed by atoms with E-state index in [9.17, 15) is 4.79 Å². The number of hydrogen-bond donors (Lipinski definition) is 0. The summed E-state index contributed by atoms with van der Waals surface area (Å²) < 4.78 is 1.12. The average molecular weight is 220 g/mol. The number of tetrazole rings is 1. The van der Waals surface area contributed by atoms with Crippen molar-refractivity contribution in [3.63, 3.8) is 0 Å². The molecule has 0 saturated carbocycles. The Labute approximate surface area is 94.8 Å². The molecule has 0 spiro atoms. The molecule has 16 heavy (non-hydrogen) atoms. The van der Waals surface area contributed by atoms with E-state index in [1.165, 1.54) is 11.9 Å². The SMILES string of the molecule is CC(C)=CCC/C(C)=C/C(=O)n1cnnn1. The highest BCUT2D eigenvalue weighted by atomic mass is 16.2. The van der Waals surface area contributed by atoms with E-state index in [1.54, 1.807) is 6.08 Å². The quantitative estimate of drug-likeness (QED) is 0.442. The molecule has 0 saturated heterocycles. The maximum atomic E-state index is 11.5. The van der Waals surface area contributed by atoms with Crippen molar-refractivity contribution in [1.29, 1.82) is 0 Å². The van der Waals surface area contributed by atoms with Gasteiger partial charge in [0, 0.05) is 6.08 Å². The summed E-state index contributed by atoms with van der Waals surface area (Å²) in [5, 5.41) is 10.3. The molecule has 1 aromatic heterocycles. The van der Waals surface area contributed by atoms with Crippen LogP contribution >= 0.6 is 0 Å². The second-order valence-corrected chi connectivity index (χ2v) is 3.90. The Hall–Kier alpha value is -1.78. The molecule has 0 aliphatic heterocycles. The molecule has 0 N–H and O–H groups in total. The minimum absolute atomic E-state index is 0.209. The predicted molar refractivity (Wildman–Crippen MR) is 60.9 cm³/mol. The minimum Gasteiger partial charge on any atom is -0.267 e. The minimum atomic E-state index is -0.209. The molecule has 5 heteroatoms. The van der Waals surface area contributed by atoms with E-state index in [0.29, 0.717) is 0 Å². The summed E-state index contributed by atoms with van der Waals surface area (Å²) >= 11 is 0. The summed E-state index contributed by atoms with van der Waals surface area (Å²) in [5.74, 6) is -0.209. The van der Waals surface area contributed by atoms with E-state index in [-0.39, 0.29) is 5.91 Å². The molecule has 0 aromatic carbocycles. The van der Waals surface area contributed by atoms with E-state index in [0.717, 1.165) is 23.1 Å². The zero-order chi connectivity index (χ0) is 12.0. The van der Waals surface area contributed by atoms with Crippen LogP contribution in [0.2, 0.25) is 0 Å². The topological polar surface area (TPSA) is 60.7 Å². The Balaban J connectivity index is 2.50. The van der Waals surface area contributed by atoms with Crippen molar-refractivity contribution in [3.8, 4) is 0 Å². The highest BCUT2D eigenvalue weighted by Crippen LogP contribution is 2.06. The first kappa shape index (κ1) is 12.3. The van der Waals surface area contributed by atoms with Crippen LogP contribution in [0.15, 0.2) is 29.6 Å². The zero-order valence-electron chi connectivity index (χ0n) is 9.84. The highest BCUT2D eigenvalue weighted by Gasteiger charge is 2.02. The lowest BCUT2D eigenvalue weighted by molar-refractivity contribution is 0.0951.